The first-order valence-corrected chi connectivity index (χ1v) is 7.37. The van der Waals surface area contributed by atoms with Gasteiger partial charge in [0.05, 0.1) is 25.4 Å². The van der Waals surface area contributed by atoms with E-state index >= 15 is 0 Å². The second-order valence-corrected chi connectivity index (χ2v) is 5.93. The van der Waals surface area contributed by atoms with E-state index in [-0.39, 0.29) is 5.91 Å². The fourth-order valence-corrected chi connectivity index (χ4v) is 3.08. The quantitative estimate of drug-likeness (QED) is 0.800. The van der Waals surface area contributed by atoms with Crippen molar-refractivity contribution in [2.75, 3.05) is 45.9 Å². The molecule has 3 rings (SSSR count). The number of hydrogen-bond donors (Lipinski definition) is 1. The summed E-state index contributed by atoms with van der Waals surface area (Å²) >= 11 is 0. The van der Waals surface area contributed by atoms with Crippen LogP contribution in [0.25, 0.3) is 0 Å². The van der Waals surface area contributed by atoms with Gasteiger partial charge in [0, 0.05) is 39.4 Å². The Labute approximate surface area is 124 Å². The Hall–Kier alpha value is -1.44. The molecule has 1 amide bonds. The van der Waals surface area contributed by atoms with Crippen molar-refractivity contribution in [1.82, 2.24) is 19.6 Å². The standard InChI is InChI=1S/C14H22N4O3/c1-16-12(2-4-15-16)13(19)18-5-3-14(20,11-18)10-17-6-8-21-9-7-17/h2,4,20H,3,5-11H2,1H3/t14-/m1/s1. The summed E-state index contributed by atoms with van der Waals surface area (Å²) in [5.41, 5.74) is -0.253. The third-order valence-corrected chi connectivity index (χ3v) is 4.28. The number of aliphatic hydroxyl groups is 1. The van der Waals surface area contributed by atoms with Gasteiger partial charge >= 0.3 is 0 Å². The van der Waals surface area contributed by atoms with Crippen LogP contribution in [-0.2, 0) is 11.8 Å². The number of rotatable bonds is 3. The molecule has 2 aliphatic heterocycles. The highest BCUT2D eigenvalue weighted by Gasteiger charge is 2.40. The number of aromatic nitrogens is 2. The first kappa shape index (κ1) is 14.5. The van der Waals surface area contributed by atoms with Gasteiger partial charge in [0.1, 0.15) is 5.69 Å². The van der Waals surface area contributed by atoms with Crippen LogP contribution in [0, 0.1) is 0 Å². The zero-order valence-electron chi connectivity index (χ0n) is 12.4. The number of aryl methyl sites for hydroxylation is 1. The van der Waals surface area contributed by atoms with Crippen molar-refractivity contribution in [1.29, 1.82) is 0 Å². The van der Waals surface area contributed by atoms with E-state index in [2.05, 4.69) is 10.00 Å². The molecule has 21 heavy (non-hydrogen) atoms. The number of carbonyl (C=O) groups excluding carboxylic acids is 1. The number of carbonyl (C=O) groups is 1. The minimum Gasteiger partial charge on any atom is -0.387 e. The smallest absolute Gasteiger partial charge is 0.272 e. The van der Waals surface area contributed by atoms with Crippen LogP contribution in [-0.4, -0.2) is 82.1 Å². The molecule has 0 spiro atoms. The van der Waals surface area contributed by atoms with Gasteiger partial charge in [-0.1, -0.05) is 0 Å². The Morgan fingerprint density at radius 2 is 2.19 bits per heavy atom. The van der Waals surface area contributed by atoms with E-state index < -0.39 is 5.60 Å². The van der Waals surface area contributed by atoms with Crippen LogP contribution < -0.4 is 0 Å². The second kappa shape index (κ2) is 5.75. The molecule has 1 aromatic heterocycles. The zero-order chi connectivity index (χ0) is 14.9. The Bertz CT molecular complexity index is 512. The number of likely N-dealkylation sites (tertiary alicyclic amines) is 1. The lowest BCUT2D eigenvalue weighted by Gasteiger charge is -2.33. The van der Waals surface area contributed by atoms with E-state index in [0.717, 1.165) is 13.1 Å². The van der Waals surface area contributed by atoms with Crippen LogP contribution in [0.2, 0.25) is 0 Å². The summed E-state index contributed by atoms with van der Waals surface area (Å²) in [7, 11) is 1.75. The molecule has 3 heterocycles. The number of nitrogens with zero attached hydrogens (tertiary/aromatic N) is 4. The number of ether oxygens (including phenoxy) is 1. The van der Waals surface area contributed by atoms with E-state index in [0.29, 0.717) is 45.0 Å². The molecule has 1 atom stereocenters. The lowest BCUT2D eigenvalue weighted by Crippen LogP contribution is -2.49. The largest absolute Gasteiger partial charge is 0.387 e. The average Bonchev–Trinajstić information content (AvgIpc) is 3.06. The molecule has 2 aliphatic rings. The van der Waals surface area contributed by atoms with Crippen molar-refractivity contribution in [3.63, 3.8) is 0 Å². The molecule has 0 aliphatic carbocycles. The Morgan fingerprint density at radius 1 is 1.43 bits per heavy atom. The number of β-amino-alcohol motifs (C(OH)–C–C–N with tert-alkyl or cyclic N) is 1. The van der Waals surface area contributed by atoms with Gasteiger partial charge in [-0.15, -0.1) is 0 Å². The predicted molar refractivity (Wildman–Crippen MR) is 75.9 cm³/mol. The maximum atomic E-state index is 12.4. The Morgan fingerprint density at radius 3 is 2.86 bits per heavy atom. The molecule has 1 aromatic rings. The summed E-state index contributed by atoms with van der Waals surface area (Å²) in [6.07, 6.45) is 2.23. The number of morpholine rings is 1. The molecule has 0 aromatic carbocycles. The van der Waals surface area contributed by atoms with Crippen LogP contribution in [0.3, 0.4) is 0 Å². The molecule has 2 saturated heterocycles. The molecule has 2 fully saturated rings. The highest BCUT2D eigenvalue weighted by atomic mass is 16.5. The molecule has 0 saturated carbocycles. The van der Waals surface area contributed by atoms with Crippen LogP contribution in [0.4, 0.5) is 0 Å². The van der Waals surface area contributed by atoms with Gasteiger partial charge in [-0.05, 0) is 12.5 Å². The Kier molecular flexibility index (Phi) is 3.97. The van der Waals surface area contributed by atoms with Gasteiger partial charge < -0.3 is 14.7 Å². The molecule has 7 heteroatoms. The molecular formula is C14H22N4O3. The summed E-state index contributed by atoms with van der Waals surface area (Å²) in [5, 5.41) is 14.8. The highest BCUT2D eigenvalue weighted by molar-refractivity contribution is 5.92. The summed E-state index contributed by atoms with van der Waals surface area (Å²) in [5.74, 6) is -0.0621. The fraction of sp³-hybridized carbons (Fsp3) is 0.714. The molecule has 0 unspecified atom stereocenters. The van der Waals surface area contributed by atoms with Gasteiger partial charge in [-0.2, -0.15) is 5.10 Å². The van der Waals surface area contributed by atoms with Crippen LogP contribution >= 0.6 is 0 Å². The minimum atomic E-state index is -0.814. The minimum absolute atomic E-state index is 0.0621. The highest BCUT2D eigenvalue weighted by Crippen LogP contribution is 2.24. The first-order chi connectivity index (χ1) is 10.1. The van der Waals surface area contributed by atoms with E-state index in [4.69, 9.17) is 4.74 Å². The predicted octanol–water partition coefficient (Wildman–Crippen LogP) is -0.671. The van der Waals surface area contributed by atoms with Gasteiger partial charge in [-0.25, -0.2) is 0 Å². The lowest BCUT2D eigenvalue weighted by molar-refractivity contribution is -0.0257. The Balaban J connectivity index is 1.61. The third kappa shape index (κ3) is 3.09. The molecule has 1 N–H and O–H groups in total. The molecule has 116 valence electrons. The molecular weight excluding hydrogens is 272 g/mol. The van der Waals surface area contributed by atoms with Gasteiger partial charge in [0.25, 0.3) is 5.91 Å². The number of amides is 1. The monoisotopic (exact) mass is 294 g/mol. The molecule has 0 radical (unpaired) electrons. The van der Waals surface area contributed by atoms with E-state index in [1.807, 2.05) is 0 Å². The normalized spacial score (nSPS) is 27.2. The topological polar surface area (TPSA) is 70.8 Å². The zero-order valence-corrected chi connectivity index (χ0v) is 12.4. The van der Waals surface area contributed by atoms with Crippen LogP contribution in [0.5, 0.6) is 0 Å². The van der Waals surface area contributed by atoms with E-state index in [1.54, 1.807) is 28.9 Å². The molecule has 7 nitrogen and oxygen atoms in total. The van der Waals surface area contributed by atoms with E-state index in [9.17, 15) is 9.90 Å². The second-order valence-electron chi connectivity index (χ2n) is 5.93. The van der Waals surface area contributed by atoms with Crippen LogP contribution in [0.15, 0.2) is 12.3 Å². The maximum Gasteiger partial charge on any atom is 0.272 e. The van der Waals surface area contributed by atoms with Crippen molar-refractivity contribution < 1.29 is 14.6 Å². The average molecular weight is 294 g/mol. The first-order valence-electron chi connectivity index (χ1n) is 7.37. The van der Waals surface area contributed by atoms with E-state index in [1.165, 1.54) is 0 Å². The van der Waals surface area contributed by atoms with Gasteiger partial charge in [0.15, 0.2) is 0 Å². The van der Waals surface area contributed by atoms with Crippen molar-refractivity contribution in [2.45, 2.75) is 12.0 Å². The summed E-state index contributed by atoms with van der Waals surface area (Å²) in [6.45, 7) is 4.70. The van der Waals surface area contributed by atoms with Gasteiger partial charge in [-0.3, -0.25) is 14.4 Å². The van der Waals surface area contributed by atoms with Crippen LogP contribution in [0.1, 0.15) is 16.9 Å². The SMILES string of the molecule is Cn1nccc1C(=O)N1CC[C@@](O)(CN2CCOCC2)C1. The summed E-state index contributed by atoms with van der Waals surface area (Å²) in [6, 6.07) is 1.71. The fourth-order valence-electron chi connectivity index (χ4n) is 3.08. The van der Waals surface area contributed by atoms with Crippen molar-refractivity contribution in [3.8, 4) is 0 Å². The maximum absolute atomic E-state index is 12.4. The van der Waals surface area contributed by atoms with Crippen molar-refractivity contribution >= 4 is 5.91 Å². The van der Waals surface area contributed by atoms with Gasteiger partial charge in [0.2, 0.25) is 0 Å². The van der Waals surface area contributed by atoms with Crippen molar-refractivity contribution in [2.24, 2.45) is 7.05 Å². The number of hydrogen-bond acceptors (Lipinski definition) is 5. The third-order valence-electron chi connectivity index (χ3n) is 4.28. The van der Waals surface area contributed by atoms with Crippen molar-refractivity contribution in [3.05, 3.63) is 18.0 Å². The molecule has 0 bridgehead atoms. The summed E-state index contributed by atoms with van der Waals surface area (Å²) < 4.78 is 6.89. The summed E-state index contributed by atoms with van der Waals surface area (Å²) in [4.78, 5) is 16.4. The lowest BCUT2D eigenvalue weighted by atomic mass is 10.0.